The van der Waals surface area contributed by atoms with Crippen molar-refractivity contribution >= 4 is 0 Å². The summed E-state index contributed by atoms with van der Waals surface area (Å²) in [5, 5.41) is 4.33. The van der Waals surface area contributed by atoms with Gasteiger partial charge in [-0.3, -0.25) is 4.68 Å². The van der Waals surface area contributed by atoms with Gasteiger partial charge in [-0.15, -0.1) is 0 Å². The zero-order valence-electron chi connectivity index (χ0n) is 9.44. The van der Waals surface area contributed by atoms with Crippen LogP contribution in [0.3, 0.4) is 0 Å². The van der Waals surface area contributed by atoms with Crippen LogP contribution in [0.25, 0.3) is 0 Å². The number of aromatic nitrogens is 2. The minimum Gasteiger partial charge on any atom is -0.373 e. The van der Waals surface area contributed by atoms with E-state index < -0.39 is 0 Å². The van der Waals surface area contributed by atoms with Crippen molar-refractivity contribution in [3.63, 3.8) is 0 Å². The summed E-state index contributed by atoms with van der Waals surface area (Å²) in [4.78, 5) is 0. The fraction of sp³-hybridized carbons (Fsp3) is 0.727. The number of nitrogens with zero attached hydrogens (tertiary/aromatic N) is 2. The normalized spacial score (nSPS) is 26.1. The van der Waals surface area contributed by atoms with Gasteiger partial charge < -0.3 is 10.5 Å². The van der Waals surface area contributed by atoms with Gasteiger partial charge in [-0.05, 0) is 26.7 Å². The Balaban J connectivity index is 2.01. The molecule has 0 radical (unpaired) electrons. The first-order chi connectivity index (χ1) is 7.20. The molecule has 0 aliphatic carbocycles. The lowest BCUT2D eigenvalue weighted by atomic mass is 10.2. The zero-order chi connectivity index (χ0) is 10.8. The van der Waals surface area contributed by atoms with E-state index in [1.165, 1.54) is 5.69 Å². The van der Waals surface area contributed by atoms with Crippen molar-refractivity contribution in [3.8, 4) is 0 Å². The second kappa shape index (κ2) is 4.33. The number of nitrogens with two attached hydrogens (primary N) is 1. The first-order valence-electron chi connectivity index (χ1n) is 5.57. The van der Waals surface area contributed by atoms with Crippen LogP contribution in [0.1, 0.15) is 31.0 Å². The third kappa shape index (κ3) is 2.21. The van der Waals surface area contributed by atoms with Gasteiger partial charge in [-0.2, -0.15) is 5.10 Å². The SMILES string of the molecule is Cc1c(CN)cnn1CC1CCC(C)O1. The largest absolute Gasteiger partial charge is 0.373 e. The van der Waals surface area contributed by atoms with Gasteiger partial charge in [0.05, 0.1) is 24.9 Å². The standard InChI is InChI=1S/C11H19N3O/c1-8-3-4-11(15-8)7-14-9(2)10(5-12)6-13-14/h6,8,11H,3-5,7,12H2,1-2H3. The average molecular weight is 209 g/mol. The Hall–Kier alpha value is -0.870. The van der Waals surface area contributed by atoms with E-state index in [9.17, 15) is 0 Å². The van der Waals surface area contributed by atoms with E-state index in [-0.39, 0.29) is 0 Å². The van der Waals surface area contributed by atoms with E-state index in [4.69, 9.17) is 10.5 Å². The van der Waals surface area contributed by atoms with Crippen LogP contribution in [0.2, 0.25) is 0 Å². The van der Waals surface area contributed by atoms with Crippen molar-refractivity contribution < 1.29 is 4.74 Å². The molecular formula is C11H19N3O. The molecule has 1 aliphatic rings. The van der Waals surface area contributed by atoms with Gasteiger partial charge in [-0.1, -0.05) is 0 Å². The highest BCUT2D eigenvalue weighted by molar-refractivity contribution is 5.15. The molecule has 2 unspecified atom stereocenters. The molecule has 2 heterocycles. The topological polar surface area (TPSA) is 53.1 Å². The minimum absolute atomic E-state index is 0.323. The summed E-state index contributed by atoms with van der Waals surface area (Å²) in [7, 11) is 0. The molecule has 1 fully saturated rings. The summed E-state index contributed by atoms with van der Waals surface area (Å²) in [5.41, 5.74) is 7.90. The van der Waals surface area contributed by atoms with E-state index in [2.05, 4.69) is 18.9 Å². The molecule has 2 rings (SSSR count). The summed E-state index contributed by atoms with van der Waals surface area (Å²) < 4.78 is 7.78. The Morgan fingerprint density at radius 3 is 2.93 bits per heavy atom. The number of ether oxygens (including phenoxy) is 1. The highest BCUT2D eigenvalue weighted by Crippen LogP contribution is 2.21. The van der Waals surface area contributed by atoms with Gasteiger partial charge >= 0.3 is 0 Å². The number of hydrogen-bond donors (Lipinski definition) is 1. The Morgan fingerprint density at radius 1 is 1.60 bits per heavy atom. The first-order valence-corrected chi connectivity index (χ1v) is 5.57. The Kier molecular flexibility index (Phi) is 3.07. The summed E-state index contributed by atoms with van der Waals surface area (Å²) in [6.07, 6.45) is 4.88. The van der Waals surface area contributed by atoms with Crippen LogP contribution < -0.4 is 5.73 Å². The smallest absolute Gasteiger partial charge is 0.0775 e. The lowest BCUT2D eigenvalue weighted by Gasteiger charge is -2.12. The quantitative estimate of drug-likeness (QED) is 0.814. The van der Waals surface area contributed by atoms with Crippen molar-refractivity contribution in [2.45, 2.75) is 52.0 Å². The second-order valence-corrected chi connectivity index (χ2v) is 4.29. The van der Waals surface area contributed by atoms with Crippen LogP contribution in [0.4, 0.5) is 0 Å². The van der Waals surface area contributed by atoms with Crippen molar-refractivity contribution in [1.29, 1.82) is 0 Å². The van der Waals surface area contributed by atoms with Gasteiger partial charge in [0.2, 0.25) is 0 Å². The van der Waals surface area contributed by atoms with E-state index in [1.54, 1.807) is 0 Å². The lowest BCUT2D eigenvalue weighted by Crippen LogP contribution is -2.18. The van der Waals surface area contributed by atoms with Crippen LogP contribution in [-0.2, 0) is 17.8 Å². The van der Waals surface area contributed by atoms with E-state index in [0.29, 0.717) is 18.8 Å². The Morgan fingerprint density at radius 2 is 2.40 bits per heavy atom. The number of hydrogen-bond acceptors (Lipinski definition) is 3. The fourth-order valence-electron chi connectivity index (χ4n) is 2.08. The maximum Gasteiger partial charge on any atom is 0.0775 e. The average Bonchev–Trinajstić information content (AvgIpc) is 2.76. The summed E-state index contributed by atoms with van der Waals surface area (Å²) in [5.74, 6) is 0. The third-order valence-electron chi connectivity index (χ3n) is 3.12. The molecule has 4 nitrogen and oxygen atoms in total. The van der Waals surface area contributed by atoms with Gasteiger partial charge in [0.15, 0.2) is 0 Å². The molecule has 0 spiro atoms. The molecule has 2 atom stereocenters. The molecule has 0 amide bonds. The van der Waals surface area contributed by atoms with Crippen molar-refractivity contribution in [2.75, 3.05) is 0 Å². The molecule has 15 heavy (non-hydrogen) atoms. The molecule has 0 aromatic carbocycles. The highest BCUT2D eigenvalue weighted by atomic mass is 16.5. The molecule has 0 bridgehead atoms. The van der Waals surface area contributed by atoms with E-state index in [1.807, 2.05) is 10.9 Å². The van der Waals surface area contributed by atoms with Crippen molar-refractivity contribution in [2.24, 2.45) is 5.73 Å². The van der Waals surface area contributed by atoms with Gasteiger partial charge in [-0.25, -0.2) is 0 Å². The van der Waals surface area contributed by atoms with Gasteiger partial charge in [0.1, 0.15) is 0 Å². The molecule has 2 N–H and O–H groups in total. The van der Waals surface area contributed by atoms with Crippen molar-refractivity contribution in [1.82, 2.24) is 9.78 Å². The molecule has 0 saturated carbocycles. The van der Waals surface area contributed by atoms with Gasteiger partial charge in [0, 0.05) is 17.8 Å². The van der Waals surface area contributed by atoms with Gasteiger partial charge in [0.25, 0.3) is 0 Å². The lowest BCUT2D eigenvalue weighted by molar-refractivity contribution is 0.0433. The predicted molar refractivity (Wildman–Crippen MR) is 58.4 cm³/mol. The summed E-state index contributed by atoms with van der Waals surface area (Å²) >= 11 is 0. The van der Waals surface area contributed by atoms with Crippen molar-refractivity contribution in [3.05, 3.63) is 17.5 Å². The Bertz CT molecular complexity index is 335. The monoisotopic (exact) mass is 209 g/mol. The van der Waals surface area contributed by atoms with Crippen LogP contribution >= 0.6 is 0 Å². The third-order valence-corrected chi connectivity index (χ3v) is 3.12. The summed E-state index contributed by atoms with van der Waals surface area (Å²) in [6.45, 7) is 5.61. The summed E-state index contributed by atoms with van der Waals surface area (Å²) in [6, 6.07) is 0. The maximum atomic E-state index is 5.77. The molecule has 84 valence electrons. The number of rotatable bonds is 3. The van der Waals surface area contributed by atoms with Crippen LogP contribution in [-0.4, -0.2) is 22.0 Å². The molecule has 1 aliphatic heterocycles. The van der Waals surface area contributed by atoms with E-state index in [0.717, 1.165) is 24.9 Å². The maximum absolute atomic E-state index is 5.77. The van der Waals surface area contributed by atoms with Crippen LogP contribution in [0, 0.1) is 6.92 Å². The molecule has 4 heteroatoms. The zero-order valence-corrected chi connectivity index (χ0v) is 9.44. The van der Waals surface area contributed by atoms with Crippen LogP contribution in [0.5, 0.6) is 0 Å². The molecule has 1 aromatic heterocycles. The molecular weight excluding hydrogens is 190 g/mol. The van der Waals surface area contributed by atoms with E-state index >= 15 is 0 Å². The predicted octanol–water partition coefficient (Wildman–Crippen LogP) is 1.22. The fourth-order valence-corrected chi connectivity index (χ4v) is 2.08. The molecule has 1 aromatic rings. The van der Waals surface area contributed by atoms with Crippen LogP contribution in [0.15, 0.2) is 6.20 Å². The highest BCUT2D eigenvalue weighted by Gasteiger charge is 2.22. The molecule has 1 saturated heterocycles. The first kappa shape index (κ1) is 10.6. The Labute approximate surface area is 90.4 Å². The minimum atomic E-state index is 0.323. The second-order valence-electron chi connectivity index (χ2n) is 4.29.